The van der Waals surface area contributed by atoms with Gasteiger partial charge in [0.05, 0.1) is 5.69 Å². The van der Waals surface area contributed by atoms with E-state index >= 15 is 0 Å². The lowest BCUT2D eigenvalue weighted by Crippen LogP contribution is -2.45. The van der Waals surface area contributed by atoms with Gasteiger partial charge in [0.15, 0.2) is 0 Å². The zero-order valence-corrected chi connectivity index (χ0v) is 11.0. The lowest BCUT2D eigenvalue weighted by atomic mass is 10.0. The lowest BCUT2D eigenvalue weighted by molar-refractivity contribution is -0.121. The average molecular weight is 247 g/mol. The van der Waals surface area contributed by atoms with Crippen molar-refractivity contribution in [3.63, 3.8) is 0 Å². The van der Waals surface area contributed by atoms with Crippen molar-refractivity contribution in [3.8, 4) is 0 Å². The SMILES string of the molecule is CN(Cc1ccccn1)CC1CCCCN1C=O. The molecule has 98 valence electrons. The first-order valence-electron chi connectivity index (χ1n) is 6.59. The fraction of sp³-hybridized carbons (Fsp3) is 0.571. The highest BCUT2D eigenvalue weighted by Crippen LogP contribution is 2.16. The van der Waals surface area contributed by atoms with Crippen LogP contribution in [0.3, 0.4) is 0 Å². The Morgan fingerprint density at radius 1 is 1.50 bits per heavy atom. The van der Waals surface area contributed by atoms with Crippen molar-refractivity contribution in [1.29, 1.82) is 0 Å². The standard InChI is InChI=1S/C14H21N3O/c1-16(10-13-6-2-4-8-15-13)11-14-7-3-5-9-17(14)12-18/h2,4,6,8,12,14H,3,5,7,9-11H2,1H3. The van der Waals surface area contributed by atoms with Crippen molar-refractivity contribution >= 4 is 6.41 Å². The highest BCUT2D eigenvalue weighted by atomic mass is 16.1. The number of pyridine rings is 1. The molecule has 1 amide bonds. The van der Waals surface area contributed by atoms with Crippen LogP contribution in [0.4, 0.5) is 0 Å². The van der Waals surface area contributed by atoms with Gasteiger partial charge in [-0.15, -0.1) is 0 Å². The van der Waals surface area contributed by atoms with Crippen LogP contribution in [-0.4, -0.2) is 47.4 Å². The minimum Gasteiger partial charge on any atom is -0.341 e. The second-order valence-electron chi connectivity index (χ2n) is 5.01. The molecular weight excluding hydrogens is 226 g/mol. The summed E-state index contributed by atoms with van der Waals surface area (Å²) in [5.74, 6) is 0. The molecule has 0 radical (unpaired) electrons. The van der Waals surface area contributed by atoms with Gasteiger partial charge in [0, 0.05) is 31.9 Å². The Morgan fingerprint density at radius 2 is 2.39 bits per heavy atom. The fourth-order valence-electron chi connectivity index (χ4n) is 2.55. The third-order valence-electron chi connectivity index (χ3n) is 3.49. The quantitative estimate of drug-likeness (QED) is 0.740. The Bertz CT molecular complexity index is 369. The maximum Gasteiger partial charge on any atom is 0.209 e. The number of piperidine rings is 1. The van der Waals surface area contributed by atoms with Crippen molar-refractivity contribution < 1.29 is 4.79 Å². The van der Waals surface area contributed by atoms with E-state index in [0.29, 0.717) is 6.04 Å². The highest BCUT2D eigenvalue weighted by Gasteiger charge is 2.22. The molecule has 1 aromatic heterocycles. The molecule has 1 atom stereocenters. The predicted octanol–water partition coefficient (Wildman–Crippen LogP) is 1.52. The minimum atomic E-state index is 0.366. The predicted molar refractivity (Wildman–Crippen MR) is 71.0 cm³/mol. The van der Waals surface area contributed by atoms with E-state index in [2.05, 4.69) is 16.9 Å². The monoisotopic (exact) mass is 247 g/mol. The average Bonchev–Trinajstić information content (AvgIpc) is 2.40. The summed E-state index contributed by atoms with van der Waals surface area (Å²) in [6.45, 7) is 2.67. The molecule has 1 saturated heterocycles. The van der Waals surface area contributed by atoms with Gasteiger partial charge in [-0.3, -0.25) is 14.7 Å². The molecule has 1 aliphatic rings. The van der Waals surface area contributed by atoms with Gasteiger partial charge in [-0.25, -0.2) is 0 Å². The number of hydrogen-bond donors (Lipinski definition) is 0. The number of likely N-dealkylation sites (tertiary alicyclic amines) is 1. The Balaban J connectivity index is 1.86. The van der Waals surface area contributed by atoms with Crippen LogP contribution in [0.2, 0.25) is 0 Å². The van der Waals surface area contributed by atoms with Crippen LogP contribution in [-0.2, 0) is 11.3 Å². The van der Waals surface area contributed by atoms with Gasteiger partial charge in [-0.05, 0) is 38.4 Å². The zero-order chi connectivity index (χ0) is 12.8. The second-order valence-corrected chi connectivity index (χ2v) is 5.01. The second kappa shape index (κ2) is 6.50. The Hall–Kier alpha value is -1.42. The lowest BCUT2D eigenvalue weighted by Gasteiger charge is -2.35. The van der Waals surface area contributed by atoms with Gasteiger partial charge in [0.25, 0.3) is 0 Å². The van der Waals surface area contributed by atoms with Gasteiger partial charge >= 0.3 is 0 Å². The first-order chi connectivity index (χ1) is 8.79. The molecule has 4 nitrogen and oxygen atoms in total. The van der Waals surface area contributed by atoms with Gasteiger partial charge < -0.3 is 4.90 Å². The van der Waals surface area contributed by atoms with Crippen LogP contribution in [0.25, 0.3) is 0 Å². The van der Waals surface area contributed by atoms with Gasteiger partial charge in [0.1, 0.15) is 0 Å². The van der Waals surface area contributed by atoms with Crippen molar-refractivity contribution in [2.24, 2.45) is 0 Å². The third-order valence-corrected chi connectivity index (χ3v) is 3.49. The van der Waals surface area contributed by atoms with Crippen LogP contribution in [0.1, 0.15) is 25.0 Å². The van der Waals surface area contributed by atoms with Crippen LogP contribution < -0.4 is 0 Å². The maximum atomic E-state index is 11.0. The Labute approximate surface area is 109 Å². The molecule has 0 N–H and O–H groups in total. The molecule has 4 heteroatoms. The van der Waals surface area contributed by atoms with E-state index in [-0.39, 0.29) is 0 Å². The first kappa shape index (κ1) is 13.0. The van der Waals surface area contributed by atoms with Crippen molar-refractivity contribution in [2.45, 2.75) is 31.8 Å². The van der Waals surface area contributed by atoms with Crippen molar-refractivity contribution in [3.05, 3.63) is 30.1 Å². The number of aromatic nitrogens is 1. The molecule has 2 rings (SSSR count). The molecule has 1 aromatic rings. The summed E-state index contributed by atoms with van der Waals surface area (Å²) in [6.07, 6.45) is 6.30. The number of nitrogens with zero attached hydrogens (tertiary/aromatic N) is 3. The van der Waals surface area contributed by atoms with Crippen LogP contribution in [0.5, 0.6) is 0 Å². The van der Waals surface area contributed by atoms with E-state index in [1.807, 2.05) is 29.3 Å². The molecule has 2 heterocycles. The molecule has 1 unspecified atom stereocenters. The van der Waals surface area contributed by atoms with Gasteiger partial charge in [-0.2, -0.15) is 0 Å². The summed E-state index contributed by atoms with van der Waals surface area (Å²) >= 11 is 0. The molecule has 1 fully saturated rings. The fourth-order valence-corrected chi connectivity index (χ4v) is 2.55. The van der Waals surface area contributed by atoms with Crippen LogP contribution in [0.15, 0.2) is 24.4 Å². The van der Waals surface area contributed by atoms with Gasteiger partial charge in [0.2, 0.25) is 6.41 Å². The summed E-state index contributed by atoms with van der Waals surface area (Å²) < 4.78 is 0. The third kappa shape index (κ3) is 3.53. The number of amides is 1. The van der Waals surface area contributed by atoms with Crippen LogP contribution in [0, 0.1) is 0 Å². The Morgan fingerprint density at radius 3 is 3.11 bits per heavy atom. The molecule has 0 saturated carbocycles. The van der Waals surface area contributed by atoms with E-state index < -0.39 is 0 Å². The number of likely N-dealkylation sites (N-methyl/N-ethyl adjacent to an activating group) is 1. The zero-order valence-electron chi connectivity index (χ0n) is 11.0. The molecular formula is C14H21N3O. The molecule has 0 bridgehead atoms. The molecule has 1 aliphatic heterocycles. The minimum absolute atomic E-state index is 0.366. The highest BCUT2D eigenvalue weighted by molar-refractivity contribution is 5.48. The van der Waals surface area contributed by atoms with E-state index in [0.717, 1.165) is 44.6 Å². The molecule has 0 spiro atoms. The number of rotatable bonds is 5. The normalized spacial score (nSPS) is 20.1. The number of hydrogen-bond acceptors (Lipinski definition) is 3. The smallest absolute Gasteiger partial charge is 0.209 e. The van der Waals surface area contributed by atoms with Crippen molar-refractivity contribution in [1.82, 2.24) is 14.8 Å². The summed E-state index contributed by atoms with van der Waals surface area (Å²) in [6, 6.07) is 6.34. The molecule has 18 heavy (non-hydrogen) atoms. The topological polar surface area (TPSA) is 36.4 Å². The summed E-state index contributed by atoms with van der Waals surface area (Å²) in [4.78, 5) is 19.5. The van der Waals surface area contributed by atoms with E-state index in [1.165, 1.54) is 6.42 Å². The molecule has 0 aromatic carbocycles. The number of carbonyl (C=O) groups excluding carboxylic acids is 1. The first-order valence-corrected chi connectivity index (χ1v) is 6.59. The summed E-state index contributed by atoms with van der Waals surface area (Å²) in [5, 5.41) is 0. The van der Waals surface area contributed by atoms with Crippen LogP contribution >= 0.6 is 0 Å². The van der Waals surface area contributed by atoms with E-state index in [9.17, 15) is 4.79 Å². The largest absolute Gasteiger partial charge is 0.341 e. The van der Waals surface area contributed by atoms with E-state index in [1.54, 1.807) is 0 Å². The Kier molecular flexibility index (Phi) is 4.70. The van der Waals surface area contributed by atoms with Crippen molar-refractivity contribution in [2.75, 3.05) is 20.1 Å². The van der Waals surface area contributed by atoms with E-state index in [4.69, 9.17) is 0 Å². The maximum absolute atomic E-state index is 11.0. The van der Waals surface area contributed by atoms with Gasteiger partial charge in [-0.1, -0.05) is 6.07 Å². The number of carbonyl (C=O) groups is 1. The summed E-state index contributed by atoms with van der Waals surface area (Å²) in [7, 11) is 2.09. The summed E-state index contributed by atoms with van der Waals surface area (Å²) in [5.41, 5.74) is 1.08. The molecule has 0 aliphatic carbocycles.